The summed E-state index contributed by atoms with van der Waals surface area (Å²) in [6.07, 6.45) is 6.31. The molecule has 3 aromatic rings. The lowest BCUT2D eigenvalue weighted by Crippen LogP contribution is -2.18. The first-order chi connectivity index (χ1) is 13.1. The molecule has 2 N–H and O–H groups in total. The van der Waals surface area contributed by atoms with Crippen molar-refractivity contribution in [2.24, 2.45) is 4.36 Å². The van der Waals surface area contributed by atoms with Crippen molar-refractivity contribution in [2.75, 3.05) is 37.9 Å². The fraction of sp³-hybridized carbons (Fsp3) is 0.400. The Morgan fingerprint density at radius 2 is 1.89 bits per heavy atom. The molecule has 0 aliphatic carbocycles. The predicted octanol–water partition coefficient (Wildman–Crippen LogP) is 3.47. The number of rotatable bonds is 5. The standard InChI is InChI=1S/C20H26N6S/c1-25(2)9-10-26-13-17(18-19(21)22-14-23-20(18)26)15-5-7-16(8-6-15)24-27-11-3-4-12-27/h5-8,13-14H,3-4,9-12H2,1-2H3,(H2,21,22,23). The van der Waals surface area contributed by atoms with Gasteiger partial charge in [-0.1, -0.05) is 22.8 Å². The number of benzene rings is 1. The quantitative estimate of drug-likeness (QED) is 0.733. The van der Waals surface area contributed by atoms with Crippen molar-refractivity contribution >= 4 is 33.2 Å². The van der Waals surface area contributed by atoms with Gasteiger partial charge in [-0.2, -0.15) is 0 Å². The number of aromatic nitrogens is 3. The molecule has 3 heterocycles. The Kier molecular flexibility index (Phi) is 5.22. The van der Waals surface area contributed by atoms with E-state index in [0.29, 0.717) is 5.82 Å². The summed E-state index contributed by atoms with van der Waals surface area (Å²) >= 11 is 0. The van der Waals surface area contributed by atoms with Crippen LogP contribution in [-0.2, 0) is 17.2 Å². The van der Waals surface area contributed by atoms with Crippen LogP contribution in [0.1, 0.15) is 12.8 Å². The Balaban J connectivity index is 1.71. The van der Waals surface area contributed by atoms with Gasteiger partial charge in [0.15, 0.2) is 0 Å². The van der Waals surface area contributed by atoms with Gasteiger partial charge in [-0.25, -0.2) is 14.3 Å². The third kappa shape index (κ3) is 3.89. The zero-order valence-electron chi connectivity index (χ0n) is 15.9. The number of likely N-dealkylation sites (N-methyl/N-ethyl adjacent to an activating group) is 1. The molecule has 0 bridgehead atoms. The molecule has 1 saturated heterocycles. The molecule has 0 amide bonds. The van der Waals surface area contributed by atoms with Crippen LogP contribution in [0.25, 0.3) is 22.2 Å². The largest absolute Gasteiger partial charge is 0.383 e. The third-order valence-electron chi connectivity index (χ3n) is 4.89. The van der Waals surface area contributed by atoms with Crippen molar-refractivity contribution in [3.8, 4) is 11.1 Å². The Hall–Kier alpha value is -2.25. The molecule has 142 valence electrons. The lowest BCUT2D eigenvalue weighted by Gasteiger charge is -2.10. The van der Waals surface area contributed by atoms with E-state index in [2.05, 4.69) is 64.0 Å². The van der Waals surface area contributed by atoms with E-state index in [4.69, 9.17) is 10.1 Å². The Bertz CT molecular complexity index is 966. The van der Waals surface area contributed by atoms with Crippen LogP contribution < -0.4 is 5.73 Å². The van der Waals surface area contributed by atoms with Crippen LogP contribution in [0, 0.1) is 0 Å². The number of nitrogens with zero attached hydrogens (tertiary/aromatic N) is 5. The third-order valence-corrected chi connectivity index (χ3v) is 6.88. The summed E-state index contributed by atoms with van der Waals surface area (Å²) in [6.45, 7) is 1.80. The second-order valence-electron chi connectivity index (χ2n) is 7.21. The number of hydrogen-bond donors (Lipinski definition) is 1. The van der Waals surface area contributed by atoms with Gasteiger partial charge in [0.2, 0.25) is 0 Å². The molecule has 27 heavy (non-hydrogen) atoms. The van der Waals surface area contributed by atoms with Crippen LogP contribution in [0.15, 0.2) is 41.2 Å². The summed E-state index contributed by atoms with van der Waals surface area (Å²) in [5.41, 5.74) is 10.4. The molecule has 1 aromatic carbocycles. The highest BCUT2D eigenvalue weighted by atomic mass is 32.2. The van der Waals surface area contributed by atoms with E-state index in [9.17, 15) is 0 Å². The molecule has 0 radical (unpaired) electrons. The summed E-state index contributed by atoms with van der Waals surface area (Å²) in [7, 11) is 4.36. The van der Waals surface area contributed by atoms with Gasteiger partial charge in [0.1, 0.15) is 17.8 Å². The molecule has 2 aromatic heterocycles. The van der Waals surface area contributed by atoms with Crippen molar-refractivity contribution in [3.05, 3.63) is 36.8 Å². The number of hydrogen-bond acceptors (Lipinski definition) is 5. The summed E-state index contributed by atoms with van der Waals surface area (Å²) in [4.78, 5) is 10.9. The zero-order valence-corrected chi connectivity index (χ0v) is 16.7. The lowest BCUT2D eigenvalue weighted by atomic mass is 10.1. The zero-order chi connectivity index (χ0) is 18.8. The number of nitrogen functional groups attached to an aromatic ring is 1. The van der Waals surface area contributed by atoms with Gasteiger partial charge in [-0.05, 0) is 44.6 Å². The topological polar surface area (TPSA) is 72.3 Å². The smallest absolute Gasteiger partial charge is 0.146 e. The second kappa shape index (κ2) is 7.78. The summed E-state index contributed by atoms with van der Waals surface area (Å²) < 4.78 is 7.06. The average molecular weight is 383 g/mol. The summed E-state index contributed by atoms with van der Waals surface area (Å²) in [5.74, 6) is 3.02. The molecule has 0 unspecified atom stereocenters. The fourth-order valence-electron chi connectivity index (χ4n) is 3.43. The van der Waals surface area contributed by atoms with E-state index in [0.717, 1.165) is 40.9 Å². The first-order valence-electron chi connectivity index (χ1n) is 9.35. The minimum absolute atomic E-state index is 0.218. The number of anilines is 1. The highest BCUT2D eigenvalue weighted by Gasteiger charge is 2.15. The summed E-state index contributed by atoms with van der Waals surface area (Å²) in [5, 5.41) is 0.929. The van der Waals surface area contributed by atoms with E-state index in [1.165, 1.54) is 30.7 Å². The molecule has 7 heteroatoms. The van der Waals surface area contributed by atoms with E-state index >= 15 is 0 Å². The van der Waals surface area contributed by atoms with E-state index in [1.807, 2.05) is 0 Å². The maximum Gasteiger partial charge on any atom is 0.146 e. The van der Waals surface area contributed by atoms with E-state index in [1.54, 1.807) is 0 Å². The van der Waals surface area contributed by atoms with Crippen LogP contribution in [0.2, 0.25) is 0 Å². The van der Waals surface area contributed by atoms with Crippen LogP contribution in [-0.4, -0.2) is 51.6 Å². The van der Waals surface area contributed by atoms with Gasteiger partial charge in [0.25, 0.3) is 0 Å². The Morgan fingerprint density at radius 3 is 2.59 bits per heavy atom. The van der Waals surface area contributed by atoms with Crippen LogP contribution >= 0.6 is 0 Å². The normalized spacial score (nSPS) is 15.1. The van der Waals surface area contributed by atoms with Gasteiger partial charge in [0.05, 0.1) is 11.1 Å². The molecule has 6 nitrogen and oxygen atoms in total. The Labute approximate surface area is 162 Å². The SMILES string of the molecule is CN(C)CCn1cc(-c2ccc(N=S3CCCC3)cc2)c2c(N)ncnc21. The minimum Gasteiger partial charge on any atom is -0.383 e. The molecule has 0 atom stereocenters. The predicted molar refractivity (Wildman–Crippen MR) is 114 cm³/mol. The molecule has 0 spiro atoms. The van der Waals surface area contributed by atoms with E-state index in [-0.39, 0.29) is 10.7 Å². The van der Waals surface area contributed by atoms with Crippen LogP contribution in [0.5, 0.6) is 0 Å². The molecular formula is C20H26N6S. The minimum atomic E-state index is 0.218. The van der Waals surface area contributed by atoms with Crippen molar-refractivity contribution in [2.45, 2.75) is 19.4 Å². The lowest BCUT2D eigenvalue weighted by molar-refractivity contribution is 0.386. The highest BCUT2D eigenvalue weighted by Crippen LogP contribution is 2.33. The van der Waals surface area contributed by atoms with Gasteiger partial charge in [-0.3, -0.25) is 0 Å². The average Bonchev–Trinajstić information content (AvgIpc) is 3.29. The van der Waals surface area contributed by atoms with Crippen molar-refractivity contribution in [1.82, 2.24) is 19.4 Å². The van der Waals surface area contributed by atoms with Gasteiger partial charge in [-0.15, -0.1) is 0 Å². The van der Waals surface area contributed by atoms with Gasteiger partial charge in [0, 0.05) is 36.4 Å². The number of nitrogens with two attached hydrogens (primary N) is 1. The molecule has 1 aliphatic rings. The first-order valence-corrected chi connectivity index (χ1v) is 10.9. The molecule has 4 rings (SSSR count). The molecule has 1 aliphatic heterocycles. The van der Waals surface area contributed by atoms with Crippen molar-refractivity contribution in [1.29, 1.82) is 0 Å². The second-order valence-corrected chi connectivity index (χ2v) is 9.14. The number of fused-ring (bicyclic) bond motifs is 1. The monoisotopic (exact) mass is 382 g/mol. The highest BCUT2D eigenvalue weighted by molar-refractivity contribution is 7.87. The summed E-state index contributed by atoms with van der Waals surface area (Å²) in [6, 6.07) is 8.50. The molecule has 0 saturated carbocycles. The van der Waals surface area contributed by atoms with Gasteiger partial charge >= 0.3 is 0 Å². The fourth-order valence-corrected chi connectivity index (χ4v) is 5.31. The van der Waals surface area contributed by atoms with Gasteiger partial charge < -0.3 is 15.2 Å². The molecule has 1 fully saturated rings. The van der Waals surface area contributed by atoms with E-state index < -0.39 is 0 Å². The maximum absolute atomic E-state index is 6.21. The van der Waals surface area contributed by atoms with Crippen LogP contribution in [0.3, 0.4) is 0 Å². The van der Waals surface area contributed by atoms with Crippen molar-refractivity contribution < 1.29 is 0 Å². The van der Waals surface area contributed by atoms with Crippen LogP contribution in [0.4, 0.5) is 11.5 Å². The maximum atomic E-state index is 6.21. The first kappa shape index (κ1) is 18.1. The molecular weight excluding hydrogens is 356 g/mol. The van der Waals surface area contributed by atoms with Crippen molar-refractivity contribution in [3.63, 3.8) is 0 Å². The Morgan fingerprint density at radius 1 is 1.15 bits per heavy atom.